The monoisotopic (exact) mass is 388 g/mol. The molecule has 0 fully saturated rings. The van der Waals surface area contributed by atoms with Crippen LogP contribution in [0.4, 0.5) is 0 Å². The number of benzene rings is 1. The minimum Gasteiger partial charge on any atom is -0.331 e. The Bertz CT molecular complexity index is 600. The van der Waals surface area contributed by atoms with Crippen LogP contribution in [0.2, 0.25) is 0 Å². The van der Waals surface area contributed by atoms with Crippen molar-refractivity contribution in [3.63, 3.8) is 0 Å². The summed E-state index contributed by atoms with van der Waals surface area (Å²) < 4.78 is 4.36. The molecule has 0 radical (unpaired) electrons. The Labute approximate surface area is 133 Å². The molecule has 0 aliphatic carbocycles. The van der Waals surface area contributed by atoms with Crippen LogP contribution < -0.4 is 0 Å². The van der Waals surface area contributed by atoms with E-state index in [-0.39, 0.29) is 0 Å². The van der Waals surface area contributed by atoms with E-state index in [0.29, 0.717) is 6.04 Å². The normalized spacial score (nSPS) is 13.0. The standard InChI is InChI=1S/C15H21IN2S/c1-3-4-5-6-7-11(2)18-14-9-8-12(16)10-13(14)17-15(18)19/h8-11H,3-7H2,1-2H3,(H,17,19). The quantitative estimate of drug-likeness (QED) is 0.375. The van der Waals surface area contributed by atoms with Gasteiger partial charge in [0.15, 0.2) is 4.77 Å². The number of hydrogen-bond donors (Lipinski definition) is 1. The first-order valence-corrected chi connectivity index (χ1v) is 8.52. The van der Waals surface area contributed by atoms with Gasteiger partial charge in [-0.05, 0) is 66.4 Å². The van der Waals surface area contributed by atoms with Gasteiger partial charge in [0, 0.05) is 9.61 Å². The number of fused-ring (bicyclic) bond motifs is 1. The van der Waals surface area contributed by atoms with E-state index in [1.165, 1.54) is 41.2 Å². The highest BCUT2D eigenvalue weighted by Gasteiger charge is 2.11. The zero-order valence-electron chi connectivity index (χ0n) is 11.6. The molecule has 0 aliphatic rings. The Morgan fingerprint density at radius 1 is 1.32 bits per heavy atom. The number of imidazole rings is 1. The van der Waals surface area contributed by atoms with Crippen LogP contribution in [-0.2, 0) is 0 Å². The summed E-state index contributed by atoms with van der Waals surface area (Å²) >= 11 is 7.81. The molecule has 19 heavy (non-hydrogen) atoms. The Balaban J connectivity index is 2.19. The van der Waals surface area contributed by atoms with Gasteiger partial charge in [-0.2, -0.15) is 0 Å². The molecule has 0 saturated heterocycles. The van der Waals surface area contributed by atoms with Gasteiger partial charge in [0.1, 0.15) is 0 Å². The van der Waals surface area contributed by atoms with Gasteiger partial charge >= 0.3 is 0 Å². The summed E-state index contributed by atoms with van der Waals surface area (Å²) in [5.41, 5.74) is 2.38. The van der Waals surface area contributed by atoms with Crippen molar-refractivity contribution in [1.29, 1.82) is 0 Å². The molecule has 0 bridgehead atoms. The first-order chi connectivity index (χ1) is 9.13. The molecular formula is C15H21IN2S. The third kappa shape index (κ3) is 3.60. The molecule has 2 nitrogen and oxygen atoms in total. The number of halogens is 1. The molecule has 2 aromatic rings. The van der Waals surface area contributed by atoms with E-state index in [2.05, 4.69) is 64.2 Å². The number of unbranched alkanes of at least 4 members (excludes halogenated alkanes) is 3. The van der Waals surface area contributed by atoms with Crippen LogP contribution in [0.3, 0.4) is 0 Å². The molecule has 1 atom stereocenters. The molecule has 0 saturated carbocycles. The SMILES string of the molecule is CCCCCCC(C)n1c(=S)[nH]c2cc(I)ccc21. The minimum absolute atomic E-state index is 0.471. The number of H-pyrrole nitrogens is 1. The van der Waals surface area contributed by atoms with Gasteiger partial charge in [0.25, 0.3) is 0 Å². The van der Waals surface area contributed by atoms with Crippen molar-refractivity contribution in [1.82, 2.24) is 9.55 Å². The van der Waals surface area contributed by atoms with Crippen LogP contribution in [0.25, 0.3) is 11.0 Å². The zero-order chi connectivity index (χ0) is 13.8. The van der Waals surface area contributed by atoms with Crippen molar-refractivity contribution in [2.75, 3.05) is 0 Å². The predicted octanol–water partition coefficient (Wildman–Crippen LogP) is 5.83. The molecule has 1 aromatic carbocycles. The third-order valence-electron chi connectivity index (χ3n) is 3.59. The van der Waals surface area contributed by atoms with Crippen molar-refractivity contribution in [3.8, 4) is 0 Å². The minimum atomic E-state index is 0.471. The van der Waals surface area contributed by atoms with E-state index in [1.54, 1.807) is 0 Å². The molecule has 0 aliphatic heterocycles. The molecular weight excluding hydrogens is 367 g/mol. The van der Waals surface area contributed by atoms with E-state index < -0.39 is 0 Å². The summed E-state index contributed by atoms with van der Waals surface area (Å²) in [6.07, 6.45) is 6.44. The number of rotatable bonds is 6. The molecule has 1 aromatic heterocycles. The fourth-order valence-corrected chi connectivity index (χ4v) is 3.42. The van der Waals surface area contributed by atoms with Crippen LogP contribution in [0, 0.1) is 8.34 Å². The summed E-state index contributed by atoms with van der Waals surface area (Å²) in [5.74, 6) is 0. The maximum absolute atomic E-state index is 5.48. The fraction of sp³-hybridized carbons (Fsp3) is 0.533. The molecule has 1 heterocycles. The van der Waals surface area contributed by atoms with E-state index in [4.69, 9.17) is 12.2 Å². The lowest BCUT2D eigenvalue weighted by molar-refractivity contribution is 0.478. The van der Waals surface area contributed by atoms with Gasteiger partial charge in [-0.1, -0.05) is 32.6 Å². The molecule has 104 valence electrons. The lowest BCUT2D eigenvalue weighted by Gasteiger charge is -2.14. The fourth-order valence-electron chi connectivity index (χ4n) is 2.54. The smallest absolute Gasteiger partial charge is 0.178 e. The molecule has 0 spiro atoms. The summed E-state index contributed by atoms with van der Waals surface area (Å²) in [4.78, 5) is 3.32. The maximum Gasteiger partial charge on any atom is 0.178 e. The van der Waals surface area contributed by atoms with Gasteiger partial charge in [0.2, 0.25) is 0 Å². The molecule has 1 unspecified atom stereocenters. The summed E-state index contributed by atoms with van der Waals surface area (Å²) in [6, 6.07) is 6.95. The number of nitrogens with one attached hydrogen (secondary N) is 1. The zero-order valence-corrected chi connectivity index (χ0v) is 14.6. The van der Waals surface area contributed by atoms with Crippen LogP contribution in [0.5, 0.6) is 0 Å². The lowest BCUT2D eigenvalue weighted by Crippen LogP contribution is -2.05. The topological polar surface area (TPSA) is 20.7 Å². The molecule has 0 amide bonds. The van der Waals surface area contributed by atoms with Crippen molar-refractivity contribution >= 4 is 45.8 Å². The molecule has 1 N–H and O–H groups in total. The maximum atomic E-state index is 5.48. The molecule has 2 rings (SSSR count). The highest BCUT2D eigenvalue weighted by Crippen LogP contribution is 2.24. The summed E-state index contributed by atoms with van der Waals surface area (Å²) in [5, 5.41) is 0. The lowest BCUT2D eigenvalue weighted by atomic mass is 10.1. The summed E-state index contributed by atoms with van der Waals surface area (Å²) in [7, 11) is 0. The highest BCUT2D eigenvalue weighted by atomic mass is 127. The van der Waals surface area contributed by atoms with Crippen molar-refractivity contribution in [2.45, 2.75) is 52.0 Å². The number of hydrogen-bond acceptors (Lipinski definition) is 1. The van der Waals surface area contributed by atoms with E-state index >= 15 is 0 Å². The van der Waals surface area contributed by atoms with E-state index in [0.717, 1.165) is 10.3 Å². The van der Waals surface area contributed by atoms with Crippen LogP contribution >= 0.6 is 34.8 Å². The second-order valence-electron chi connectivity index (χ2n) is 5.16. The van der Waals surface area contributed by atoms with Crippen LogP contribution in [-0.4, -0.2) is 9.55 Å². The number of aromatic amines is 1. The van der Waals surface area contributed by atoms with E-state index in [9.17, 15) is 0 Å². The highest BCUT2D eigenvalue weighted by molar-refractivity contribution is 14.1. The Morgan fingerprint density at radius 2 is 2.11 bits per heavy atom. The van der Waals surface area contributed by atoms with Gasteiger partial charge < -0.3 is 9.55 Å². The largest absolute Gasteiger partial charge is 0.331 e. The van der Waals surface area contributed by atoms with Crippen molar-refractivity contribution < 1.29 is 0 Å². The van der Waals surface area contributed by atoms with Crippen molar-refractivity contribution in [3.05, 3.63) is 26.5 Å². The Morgan fingerprint density at radius 3 is 2.84 bits per heavy atom. The summed E-state index contributed by atoms with van der Waals surface area (Å²) in [6.45, 7) is 4.52. The third-order valence-corrected chi connectivity index (χ3v) is 4.56. The number of nitrogens with zero attached hydrogens (tertiary/aromatic N) is 1. The first-order valence-electron chi connectivity index (χ1n) is 7.03. The predicted molar refractivity (Wildman–Crippen MR) is 93.3 cm³/mol. The van der Waals surface area contributed by atoms with Crippen LogP contribution in [0.15, 0.2) is 18.2 Å². The Hall–Kier alpha value is -0.360. The van der Waals surface area contributed by atoms with Gasteiger partial charge in [-0.3, -0.25) is 0 Å². The van der Waals surface area contributed by atoms with Gasteiger partial charge in [-0.15, -0.1) is 0 Å². The van der Waals surface area contributed by atoms with E-state index in [1.807, 2.05) is 0 Å². The number of aromatic nitrogens is 2. The van der Waals surface area contributed by atoms with Crippen LogP contribution in [0.1, 0.15) is 52.0 Å². The van der Waals surface area contributed by atoms with Gasteiger partial charge in [-0.25, -0.2) is 0 Å². The second-order valence-corrected chi connectivity index (χ2v) is 6.79. The Kier molecular flexibility index (Phi) is 5.45. The second kappa shape index (κ2) is 6.88. The average Bonchev–Trinajstić information content (AvgIpc) is 2.69. The average molecular weight is 388 g/mol. The molecule has 4 heteroatoms. The van der Waals surface area contributed by atoms with Crippen molar-refractivity contribution in [2.24, 2.45) is 0 Å². The first kappa shape index (κ1) is 15.0. The van der Waals surface area contributed by atoms with Gasteiger partial charge in [0.05, 0.1) is 11.0 Å².